The van der Waals surface area contributed by atoms with Gasteiger partial charge in [0.25, 0.3) is 5.91 Å². The molecule has 7 nitrogen and oxygen atoms in total. The third kappa shape index (κ3) is 8.31. The van der Waals surface area contributed by atoms with Crippen molar-refractivity contribution in [2.75, 3.05) is 18.5 Å². The maximum atomic E-state index is 12.6. The molecule has 10 heteroatoms. The van der Waals surface area contributed by atoms with Crippen LogP contribution < -0.4 is 16.2 Å². The fourth-order valence-electron chi connectivity index (χ4n) is 2.35. The van der Waals surface area contributed by atoms with Gasteiger partial charge in [0.1, 0.15) is 13.2 Å². The Balaban J connectivity index is 1.63. The summed E-state index contributed by atoms with van der Waals surface area (Å²) in [7, 11) is 0. The van der Waals surface area contributed by atoms with Crippen LogP contribution in [-0.4, -0.2) is 30.9 Å². The highest BCUT2D eigenvalue weighted by Gasteiger charge is 2.30. The lowest BCUT2D eigenvalue weighted by atomic mass is 10.1. The van der Waals surface area contributed by atoms with E-state index in [0.717, 1.165) is 23.8 Å². The van der Waals surface area contributed by atoms with Gasteiger partial charge in [-0.3, -0.25) is 25.2 Å². The van der Waals surface area contributed by atoms with Crippen molar-refractivity contribution in [2.24, 2.45) is 0 Å². The molecule has 2 aromatic carbocycles. The van der Waals surface area contributed by atoms with Crippen LogP contribution >= 0.6 is 0 Å². The summed E-state index contributed by atoms with van der Waals surface area (Å²) in [5, 5.41) is 2.25. The number of benzene rings is 2. The number of hydrazine groups is 1. The molecule has 30 heavy (non-hydrogen) atoms. The van der Waals surface area contributed by atoms with Crippen LogP contribution in [0.4, 0.5) is 18.9 Å². The first-order chi connectivity index (χ1) is 14.2. The Morgan fingerprint density at radius 2 is 1.50 bits per heavy atom. The highest BCUT2D eigenvalue weighted by atomic mass is 19.4. The molecule has 2 rings (SSSR count). The van der Waals surface area contributed by atoms with Gasteiger partial charge < -0.3 is 10.1 Å². The highest BCUT2D eigenvalue weighted by Crippen LogP contribution is 2.30. The summed E-state index contributed by atoms with van der Waals surface area (Å²) in [5.41, 5.74) is 4.41. The molecule has 2 aromatic rings. The fourth-order valence-corrected chi connectivity index (χ4v) is 2.35. The maximum absolute atomic E-state index is 12.6. The van der Waals surface area contributed by atoms with Gasteiger partial charge in [-0.1, -0.05) is 36.4 Å². The van der Waals surface area contributed by atoms with E-state index in [1.165, 1.54) is 6.07 Å². The Labute approximate surface area is 170 Å². The third-order valence-corrected chi connectivity index (χ3v) is 3.76. The molecule has 0 heterocycles. The van der Waals surface area contributed by atoms with Crippen molar-refractivity contribution in [3.63, 3.8) is 0 Å². The van der Waals surface area contributed by atoms with Crippen molar-refractivity contribution in [1.82, 2.24) is 10.9 Å². The van der Waals surface area contributed by atoms with Gasteiger partial charge in [-0.25, -0.2) is 0 Å². The van der Waals surface area contributed by atoms with E-state index in [9.17, 15) is 27.6 Å². The average Bonchev–Trinajstić information content (AvgIpc) is 2.71. The predicted octanol–water partition coefficient (Wildman–Crippen LogP) is 2.44. The van der Waals surface area contributed by atoms with Crippen molar-refractivity contribution < 1.29 is 32.3 Å². The summed E-state index contributed by atoms with van der Waals surface area (Å²) < 4.78 is 42.8. The lowest BCUT2D eigenvalue weighted by molar-refractivity contribution is -0.137. The normalized spacial score (nSPS) is 10.9. The van der Waals surface area contributed by atoms with Crippen LogP contribution in [0, 0.1) is 0 Å². The average molecular weight is 423 g/mol. The maximum Gasteiger partial charge on any atom is 0.416 e. The van der Waals surface area contributed by atoms with E-state index in [0.29, 0.717) is 6.42 Å². The number of ether oxygens (including phenoxy) is 1. The van der Waals surface area contributed by atoms with Gasteiger partial charge in [0.2, 0.25) is 11.8 Å². The summed E-state index contributed by atoms with van der Waals surface area (Å²) >= 11 is 0. The van der Waals surface area contributed by atoms with E-state index in [1.54, 1.807) is 0 Å². The van der Waals surface area contributed by atoms with Gasteiger partial charge in [0.15, 0.2) is 0 Å². The van der Waals surface area contributed by atoms with Gasteiger partial charge >= 0.3 is 6.18 Å². The van der Waals surface area contributed by atoms with Crippen molar-refractivity contribution in [3.05, 3.63) is 65.7 Å². The molecule has 3 N–H and O–H groups in total. The van der Waals surface area contributed by atoms with Crippen LogP contribution in [0.25, 0.3) is 0 Å². The van der Waals surface area contributed by atoms with Crippen molar-refractivity contribution in [1.29, 1.82) is 0 Å². The monoisotopic (exact) mass is 423 g/mol. The molecule has 0 aliphatic carbocycles. The zero-order valence-corrected chi connectivity index (χ0v) is 15.8. The summed E-state index contributed by atoms with van der Waals surface area (Å²) in [5.74, 6) is -1.81. The van der Waals surface area contributed by atoms with Crippen LogP contribution in [0.2, 0.25) is 0 Å². The van der Waals surface area contributed by atoms with E-state index in [-0.39, 0.29) is 12.1 Å². The first-order valence-corrected chi connectivity index (χ1v) is 8.90. The van der Waals surface area contributed by atoms with Gasteiger partial charge in [-0.2, -0.15) is 13.2 Å². The third-order valence-electron chi connectivity index (χ3n) is 3.76. The molecule has 0 atom stereocenters. The molecule has 3 amide bonds. The first-order valence-electron chi connectivity index (χ1n) is 8.90. The number of amides is 3. The lowest BCUT2D eigenvalue weighted by Crippen LogP contribution is -2.43. The Morgan fingerprint density at radius 1 is 0.833 bits per heavy atom. The Kier molecular flexibility index (Phi) is 8.36. The molecule has 0 saturated heterocycles. The van der Waals surface area contributed by atoms with Gasteiger partial charge in [0, 0.05) is 12.1 Å². The van der Waals surface area contributed by atoms with Crippen molar-refractivity contribution in [3.8, 4) is 0 Å². The molecule has 0 bridgehead atoms. The molecular weight excluding hydrogens is 403 g/mol. The molecular formula is C20H20F3N3O4. The topological polar surface area (TPSA) is 96.5 Å². The molecule has 160 valence electrons. The van der Waals surface area contributed by atoms with Crippen molar-refractivity contribution in [2.45, 2.75) is 19.0 Å². The SMILES string of the molecule is O=C(CCc1ccccc1)NNC(=O)COCC(=O)Nc1cccc(C(F)(F)F)c1. The van der Waals surface area contributed by atoms with E-state index in [2.05, 4.69) is 16.2 Å². The molecule has 0 aromatic heterocycles. The number of nitrogens with one attached hydrogen (secondary N) is 3. The number of carbonyl (C=O) groups is 3. The smallest absolute Gasteiger partial charge is 0.362 e. The van der Waals surface area contributed by atoms with Gasteiger partial charge in [-0.15, -0.1) is 0 Å². The molecule has 0 unspecified atom stereocenters. The van der Waals surface area contributed by atoms with Crippen LogP contribution in [0.15, 0.2) is 54.6 Å². The minimum atomic E-state index is -4.53. The fraction of sp³-hybridized carbons (Fsp3) is 0.250. The second-order valence-corrected chi connectivity index (χ2v) is 6.20. The Bertz CT molecular complexity index is 873. The number of rotatable bonds is 8. The molecule has 0 fully saturated rings. The highest BCUT2D eigenvalue weighted by molar-refractivity contribution is 5.92. The Morgan fingerprint density at radius 3 is 2.20 bits per heavy atom. The quantitative estimate of drug-likeness (QED) is 0.569. The second-order valence-electron chi connectivity index (χ2n) is 6.20. The number of alkyl halides is 3. The number of anilines is 1. The second kappa shape index (κ2) is 11.0. The number of hydrogen-bond acceptors (Lipinski definition) is 4. The number of halogens is 3. The van der Waals surface area contributed by atoms with Crippen LogP contribution in [0.3, 0.4) is 0 Å². The summed E-state index contributed by atoms with van der Waals surface area (Å²) in [4.78, 5) is 35.0. The van der Waals surface area contributed by atoms with Crippen LogP contribution in [0.5, 0.6) is 0 Å². The molecule has 0 saturated carbocycles. The summed E-state index contributed by atoms with van der Waals surface area (Å²) in [6.07, 6.45) is -3.85. The van der Waals surface area contributed by atoms with E-state index >= 15 is 0 Å². The zero-order chi connectivity index (χ0) is 22.0. The van der Waals surface area contributed by atoms with Crippen LogP contribution in [-0.2, 0) is 31.7 Å². The lowest BCUT2D eigenvalue weighted by Gasteiger charge is -2.10. The van der Waals surface area contributed by atoms with Crippen LogP contribution in [0.1, 0.15) is 17.5 Å². The first kappa shape index (κ1) is 22.9. The summed E-state index contributed by atoms with van der Waals surface area (Å²) in [6, 6.07) is 13.5. The zero-order valence-electron chi connectivity index (χ0n) is 15.8. The molecule has 0 radical (unpaired) electrons. The largest absolute Gasteiger partial charge is 0.416 e. The van der Waals surface area contributed by atoms with Gasteiger partial charge in [-0.05, 0) is 30.2 Å². The molecule has 0 aliphatic heterocycles. The van der Waals surface area contributed by atoms with Crippen molar-refractivity contribution >= 4 is 23.4 Å². The van der Waals surface area contributed by atoms with Gasteiger partial charge in [0.05, 0.1) is 5.56 Å². The summed E-state index contributed by atoms with van der Waals surface area (Å²) in [6.45, 7) is -1.07. The number of aryl methyl sites for hydroxylation is 1. The van der Waals surface area contributed by atoms with E-state index in [1.807, 2.05) is 30.3 Å². The minimum absolute atomic E-state index is 0.0476. The molecule has 0 aliphatic rings. The minimum Gasteiger partial charge on any atom is -0.362 e. The van der Waals surface area contributed by atoms with E-state index in [4.69, 9.17) is 4.74 Å². The molecule has 0 spiro atoms. The Hall–Kier alpha value is -3.40. The predicted molar refractivity (Wildman–Crippen MR) is 102 cm³/mol. The van der Waals surface area contributed by atoms with E-state index < -0.39 is 42.7 Å². The number of hydrogen-bond donors (Lipinski definition) is 3. The standard InChI is InChI=1S/C20H20F3N3O4/c21-20(22,23)15-7-4-8-16(11-15)24-18(28)12-30-13-19(29)26-25-17(27)10-9-14-5-2-1-3-6-14/h1-8,11H,9-10,12-13H2,(H,24,28)(H,25,27)(H,26,29). The number of carbonyl (C=O) groups excluding carboxylic acids is 3.